The molecule has 0 unspecified atom stereocenters. The molecule has 0 radical (unpaired) electrons. The summed E-state index contributed by atoms with van der Waals surface area (Å²) < 4.78 is 13.3. The minimum Gasteiger partial charge on any atom is -0.305 e. The highest BCUT2D eigenvalue weighted by molar-refractivity contribution is 6.08. The zero-order chi connectivity index (χ0) is 19.0. The molecule has 134 valence electrons. The quantitative estimate of drug-likeness (QED) is 0.526. The number of anilines is 1. The monoisotopic (exact) mass is 359 g/mol. The predicted octanol–water partition coefficient (Wildman–Crippen LogP) is 5.24. The first-order valence-corrected chi connectivity index (χ1v) is 8.63. The normalized spacial score (nSPS) is 10.9. The Hall–Kier alpha value is -3.47. The van der Waals surface area contributed by atoms with Crippen molar-refractivity contribution in [1.29, 1.82) is 0 Å². The van der Waals surface area contributed by atoms with E-state index >= 15 is 0 Å². The molecule has 4 rings (SSSR count). The molecule has 0 saturated heterocycles. The Bertz CT molecular complexity index is 1140. The van der Waals surface area contributed by atoms with Gasteiger partial charge in [-0.2, -0.15) is 5.10 Å². The van der Waals surface area contributed by atoms with E-state index in [1.807, 2.05) is 18.2 Å². The van der Waals surface area contributed by atoms with Crippen molar-refractivity contribution in [2.24, 2.45) is 0 Å². The van der Waals surface area contributed by atoms with Crippen molar-refractivity contribution in [3.63, 3.8) is 0 Å². The Morgan fingerprint density at radius 3 is 2.48 bits per heavy atom. The Labute approximate surface area is 156 Å². The molecule has 0 aliphatic rings. The molecular formula is C22H18FN3O. The third kappa shape index (κ3) is 3.44. The molecule has 0 aliphatic carbocycles. The Morgan fingerprint density at radius 1 is 0.963 bits per heavy atom. The number of carbonyl (C=O) groups excluding carboxylic acids is 1. The first kappa shape index (κ1) is 17.0. The van der Waals surface area contributed by atoms with Gasteiger partial charge in [-0.3, -0.25) is 9.89 Å². The number of benzene rings is 3. The van der Waals surface area contributed by atoms with Crippen LogP contribution in [0.3, 0.4) is 0 Å². The van der Waals surface area contributed by atoms with Crippen molar-refractivity contribution in [3.05, 3.63) is 83.2 Å². The van der Waals surface area contributed by atoms with Crippen LogP contribution >= 0.6 is 0 Å². The van der Waals surface area contributed by atoms with Crippen LogP contribution in [0, 0.1) is 19.7 Å². The average Bonchev–Trinajstić information content (AvgIpc) is 3.03. The van der Waals surface area contributed by atoms with E-state index < -0.39 is 11.7 Å². The van der Waals surface area contributed by atoms with Crippen LogP contribution in [0.4, 0.5) is 10.2 Å². The predicted molar refractivity (Wildman–Crippen MR) is 105 cm³/mol. The molecule has 0 saturated carbocycles. The van der Waals surface area contributed by atoms with Gasteiger partial charge in [-0.15, -0.1) is 0 Å². The molecule has 4 aromatic rings. The molecule has 0 aliphatic heterocycles. The van der Waals surface area contributed by atoms with Gasteiger partial charge in [0.05, 0.1) is 5.52 Å². The maximum Gasteiger partial charge on any atom is 0.256 e. The molecule has 5 heteroatoms. The van der Waals surface area contributed by atoms with Gasteiger partial charge in [-0.1, -0.05) is 41.5 Å². The van der Waals surface area contributed by atoms with E-state index in [0.717, 1.165) is 22.0 Å². The van der Waals surface area contributed by atoms with Crippen molar-refractivity contribution in [1.82, 2.24) is 10.2 Å². The Balaban J connectivity index is 1.65. The highest BCUT2D eigenvalue weighted by atomic mass is 19.1. The van der Waals surface area contributed by atoms with Crippen molar-refractivity contribution in [2.75, 3.05) is 5.32 Å². The average molecular weight is 359 g/mol. The van der Waals surface area contributed by atoms with Gasteiger partial charge in [-0.25, -0.2) is 4.39 Å². The summed E-state index contributed by atoms with van der Waals surface area (Å²) in [6.45, 7) is 4.15. The molecule has 0 atom stereocenters. The van der Waals surface area contributed by atoms with Crippen LogP contribution in [-0.4, -0.2) is 16.1 Å². The van der Waals surface area contributed by atoms with Crippen LogP contribution in [0.1, 0.15) is 21.5 Å². The lowest BCUT2D eigenvalue weighted by Gasteiger charge is -2.06. The molecule has 0 bridgehead atoms. The largest absolute Gasteiger partial charge is 0.305 e. The lowest BCUT2D eigenvalue weighted by Crippen LogP contribution is -2.12. The van der Waals surface area contributed by atoms with Crippen LogP contribution in [0.5, 0.6) is 0 Å². The third-order valence-corrected chi connectivity index (χ3v) is 4.44. The van der Waals surface area contributed by atoms with E-state index in [9.17, 15) is 9.18 Å². The molecule has 3 aromatic carbocycles. The highest BCUT2D eigenvalue weighted by Gasteiger charge is 2.12. The number of amides is 1. The molecule has 0 fully saturated rings. The van der Waals surface area contributed by atoms with E-state index in [4.69, 9.17) is 0 Å². The summed E-state index contributed by atoms with van der Waals surface area (Å²) in [7, 11) is 0. The molecule has 27 heavy (non-hydrogen) atoms. The summed E-state index contributed by atoms with van der Waals surface area (Å²) in [5.74, 6) is -0.430. The number of hydrogen-bond donors (Lipinski definition) is 2. The summed E-state index contributed by atoms with van der Waals surface area (Å²) in [5.41, 5.74) is 5.69. The van der Waals surface area contributed by atoms with Crippen LogP contribution in [-0.2, 0) is 0 Å². The third-order valence-electron chi connectivity index (χ3n) is 4.44. The number of aryl methyl sites for hydroxylation is 2. The minimum absolute atomic E-state index is 0.248. The smallest absolute Gasteiger partial charge is 0.256 e. The molecule has 2 N–H and O–H groups in total. The lowest BCUT2D eigenvalue weighted by molar-refractivity contribution is 0.102. The second-order valence-electron chi connectivity index (χ2n) is 6.67. The standard InChI is InChI=1S/C22H18FN3O/c1-13-8-14(2)10-17(9-13)15-6-7-19-20(12-15)25-26-21(19)24-22(27)16-4-3-5-18(23)11-16/h3-12H,1-2H3,(H2,24,25,26,27). The maximum absolute atomic E-state index is 13.3. The SMILES string of the molecule is Cc1cc(C)cc(-c2ccc3c(NC(=O)c4cccc(F)c4)n[nH]c3c2)c1. The number of aromatic nitrogens is 2. The Morgan fingerprint density at radius 2 is 1.74 bits per heavy atom. The number of rotatable bonds is 3. The van der Waals surface area contributed by atoms with Crippen LogP contribution in [0.25, 0.3) is 22.0 Å². The molecule has 0 spiro atoms. The summed E-state index contributed by atoms with van der Waals surface area (Å²) >= 11 is 0. The maximum atomic E-state index is 13.3. The van der Waals surface area contributed by atoms with Crippen LogP contribution < -0.4 is 5.32 Å². The van der Waals surface area contributed by atoms with Gasteiger partial charge in [-0.05, 0) is 55.3 Å². The molecule has 1 aromatic heterocycles. The summed E-state index contributed by atoms with van der Waals surface area (Å²) in [6.07, 6.45) is 0. The number of hydrogen-bond acceptors (Lipinski definition) is 2. The van der Waals surface area contributed by atoms with Gasteiger partial charge >= 0.3 is 0 Å². The topological polar surface area (TPSA) is 57.8 Å². The first-order valence-electron chi connectivity index (χ1n) is 8.63. The van der Waals surface area contributed by atoms with E-state index in [0.29, 0.717) is 5.82 Å². The molecule has 1 heterocycles. The van der Waals surface area contributed by atoms with Crippen molar-refractivity contribution >= 4 is 22.6 Å². The van der Waals surface area contributed by atoms with Crippen LogP contribution in [0.2, 0.25) is 0 Å². The van der Waals surface area contributed by atoms with Gasteiger partial charge in [0.2, 0.25) is 0 Å². The number of H-pyrrole nitrogens is 1. The number of nitrogens with zero attached hydrogens (tertiary/aromatic N) is 1. The number of halogens is 1. The molecule has 1 amide bonds. The summed E-state index contributed by atoms with van der Waals surface area (Å²) in [5, 5.41) is 10.7. The van der Waals surface area contributed by atoms with Crippen molar-refractivity contribution in [3.8, 4) is 11.1 Å². The van der Waals surface area contributed by atoms with Gasteiger partial charge < -0.3 is 5.32 Å². The highest BCUT2D eigenvalue weighted by Crippen LogP contribution is 2.28. The van der Waals surface area contributed by atoms with E-state index in [1.54, 1.807) is 6.07 Å². The van der Waals surface area contributed by atoms with Gasteiger partial charge in [0.25, 0.3) is 5.91 Å². The van der Waals surface area contributed by atoms with Gasteiger partial charge in [0.1, 0.15) is 5.82 Å². The summed E-state index contributed by atoms with van der Waals surface area (Å²) in [4.78, 5) is 12.3. The fourth-order valence-corrected chi connectivity index (χ4v) is 3.25. The van der Waals surface area contributed by atoms with Gasteiger partial charge in [0.15, 0.2) is 5.82 Å². The minimum atomic E-state index is -0.451. The van der Waals surface area contributed by atoms with Crippen molar-refractivity contribution in [2.45, 2.75) is 13.8 Å². The van der Waals surface area contributed by atoms with Crippen molar-refractivity contribution < 1.29 is 9.18 Å². The fourth-order valence-electron chi connectivity index (χ4n) is 3.25. The number of carbonyl (C=O) groups is 1. The zero-order valence-corrected chi connectivity index (χ0v) is 15.0. The number of nitrogens with one attached hydrogen (secondary N) is 2. The zero-order valence-electron chi connectivity index (χ0n) is 15.0. The van der Waals surface area contributed by atoms with E-state index in [2.05, 4.69) is 47.6 Å². The van der Waals surface area contributed by atoms with E-state index in [-0.39, 0.29) is 5.56 Å². The second kappa shape index (κ2) is 6.68. The molecule has 4 nitrogen and oxygen atoms in total. The molecular weight excluding hydrogens is 341 g/mol. The fraction of sp³-hybridized carbons (Fsp3) is 0.0909. The number of fused-ring (bicyclic) bond motifs is 1. The van der Waals surface area contributed by atoms with Gasteiger partial charge in [0, 0.05) is 10.9 Å². The Kier molecular flexibility index (Phi) is 4.20. The lowest BCUT2D eigenvalue weighted by atomic mass is 10.00. The summed E-state index contributed by atoms with van der Waals surface area (Å²) in [6, 6.07) is 17.9. The number of aromatic amines is 1. The second-order valence-corrected chi connectivity index (χ2v) is 6.67. The van der Waals surface area contributed by atoms with E-state index in [1.165, 1.54) is 29.3 Å². The van der Waals surface area contributed by atoms with Crippen LogP contribution in [0.15, 0.2) is 60.7 Å². The first-order chi connectivity index (χ1) is 13.0.